The van der Waals surface area contributed by atoms with Gasteiger partial charge in [0.2, 0.25) is 0 Å². The SMILES string of the molecule is C=C1N(c2ccc(N3CCN(c4ccc(CC)cc4)CC3)cc2)C=NN1C(C)CCC. The van der Waals surface area contributed by atoms with E-state index in [0.717, 1.165) is 56.9 Å². The van der Waals surface area contributed by atoms with Gasteiger partial charge in [0.1, 0.15) is 12.2 Å². The maximum absolute atomic E-state index is 4.57. The average molecular weight is 418 g/mol. The topological polar surface area (TPSA) is 25.3 Å². The molecular formula is C26H35N5. The molecule has 164 valence electrons. The van der Waals surface area contributed by atoms with Gasteiger partial charge in [0.25, 0.3) is 0 Å². The van der Waals surface area contributed by atoms with Gasteiger partial charge in [-0.3, -0.25) is 4.90 Å². The normalized spacial score (nSPS) is 17.6. The second-order valence-electron chi connectivity index (χ2n) is 8.51. The second kappa shape index (κ2) is 9.46. The van der Waals surface area contributed by atoms with Gasteiger partial charge >= 0.3 is 0 Å². The molecular weight excluding hydrogens is 382 g/mol. The van der Waals surface area contributed by atoms with Gasteiger partial charge in [-0.15, -0.1) is 0 Å². The Kier molecular flexibility index (Phi) is 6.50. The Morgan fingerprint density at radius 3 is 1.87 bits per heavy atom. The molecule has 1 atom stereocenters. The van der Waals surface area contributed by atoms with Gasteiger partial charge < -0.3 is 9.80 Å². The fourth-order valence-corrected chi connectivity index (χ4v) is 4.46. The van der Waals surface area contributed by atoms with E-state index in [1.54, 1.807) is 0 Å². The summed E-state index contributed by atoms with van der Waals surface area (Å²) >= 11 is 0. The Morgan fingerprint density at radius 1 is 0.839 bits per heavy atom. The lowest BCUT2D eigenvalue weighted by Gasteiger charge is -2.37. The van der Waals surface area contributed by atoms with Crippen LogP contribution in [0, 0.1) is 0 Å². The van der Waals surface area contributed by atoms with E-state index in [-0.39, 0.29) is 0 Å². The molecule has 0 radical (unpaired) electrons. The van der Waals surface area contributed by atoms with E-state index in [1.807, 2.05) is 11.3 Å². The van der Waals surface area contributed by atoms with E-state index >= 15 is 0 Å². The number of rotatable bonds is 7. The van der Waals surface area contributed by atoms with Crippen LogP contribution in [0.1, 0.15) is 39.2 Å². The minimum absolute atomic E-state index is 0.368. The van der Waals surface area contributed by atoms with Gasteiger partial charge in [-0.05, 0) is 61.7 Å². The molecule has 2 aliphatic heterocycles. The van der Waals surface area contributed by atoms with E-state index < -0.39 is 0 Å². The van der Waals surface area contributed by atoms with E-state index in [2.05, 4.69) is 95.7 Å². The highest BCUT2D eigenvalue weighted by Gasteiger charge is 2.25. The smallest absolute Gasteiger partial charge is 0.128 e. The summed E-state index contributed by atoms with van der Waals surface area (Å²) in [4.78, 5) is 7.04. The van der Waals surface area contributed by atoms with Crippen molar-refractivity contribution in [2.24, 2.45) is 5.10 Å². The summed E-state index contributed by atoms with van der Waals surface area (Å²) < 4.78 is 0. The molecule has 0 N–H and O–H groups in total. The van der Waals surface area contributed by atoms with Crippen LogP contribution in [-0.4, -0.2) is 43.6 Å². The molecule has 0 aliphatic carbocycles. The van der Waals surface area contributed by atoms with E-state index in [9.17, 15) is 0 Å². The van der Waals surface area contributed by atoms with Crippen LogP contribution in [0.3, 0.4) is 0 Å². The van der Waals surface area contributed by atoms with Crippen molar-refractivity contribution in [3.63, 3.8) is 0 Å². The molecule has 5 heteroatoms. The second-order valence-corrected chi connectivity index (χ2v) is 8.51. The first-order valence-corrected chi connectivity index (χ1v) is 11.6. The first kappa shape index (κ1) is 21.3. The van der Waals surface area contributed by atoms with Crippen molar-refractivity contribution >= 4 is 23.4 Å². The minimum atomic E-state index is 0.368. The van der Waals surface area contributed by atoms with Gasteiger partial charge in [-0.2, -0.15) is 5.10 Å². The van der Waals surface area contributed by atoms with E-state index in [4.69, 9.17) is 0 Å². The Hall–Kier alpha value is -2.95. The lowest BCUT2D eigenvalue weighted by molar-refractivity contribution is 0.278. The zero-order valence-electron chi connectivity index (χ0n) is 19.2. The zero-order chi connectivity index (χ0) is 21.8. The van der Waals surface area contributed by atoms with Crippen LogP contribution in [0.15, 0.2) is 66.0 Å². The monoisotopic (exact) mass is 417 g/mol. The fourth-order valence-electron chi connectivity index (χ4n) is 4.46. The lowest BCUT2D eigenvalue weighted by atomic mass is 10.1. The molecule has 4 rings (SSSR count). The highest BCUT2D eigenvalue weighted by Crippen LogP contribution is 2.29. The van der Waals surface area contributed by atoms with Crippen LogP contribution in [0.25, 0.3) is 0 Å². The van der Waals surface area contributed by atoms with Crippen molar-refractivity contribution in [1.29, 1.82) is 0 Å². The Balaban J connectivity index is 1.35. The highest BCUT2D eigenvalue weighted by atomic mass is 15.6. The third kappa shape index (κ3) is 4.55. The fraction of sp³-hybridized carbons (Fsp3) is 0.423. The van der Waals surface area contributed by atoms with E-state index in [0.29, 0.717) is 6.04 Å². The van der Waals surface area contributed by atoms with Crippen LogP contribution in [0.2, 0.25) is 0 Å². The number of benzene rings is 2. The number of hydrazone groups is 1. The molecule has 1 fully saturated rings. The molecule has 5 nitrogen and oxygen atoms in total. The van der Waals surface area contributed by atoms with Gasteiger partial charge in [-0.25, -0.2) is 5.01 Å². The largest absolute Gasteiger partial charge is 0.368 e. The number of hydrogen-bond donors (Lipinski definition) is 0. The molecule has 0 bridgehead atoms. The Bertz CT molecular complexity index is 894. The van der Waals surface area contributed by atoms with Crippen LogP contribution >= 0.6 is 0 Å². The van der Waals surface area contributed by atoms with E-state index in [1.165, 1.54) is 16.9 Å². The molecule has 0 saturated carbocycles. The molecule has 0 spiro atoms. The minimum Gasteiger partial charge on any atom is -0.368 e. The van der Waals surface area contributed by atoms with Crippen molar-refractivity contribution in [3.05, 3.63) is 66.5 Å². The molecule has 2 aromatic carbocycles. The number of piperazine rings is 1. The molecule has 1 saturated heterocycles. The van der Waals surface area contributed by atoms with Crippen molar-refractivity contribution in [1.82, 2.24) is 5.01 Å². The number of hydrogen-bond acceptors (Lipinski definition) is 5. The number of nitrogens with zero attached hydrogens (tertiary/aromatic N) is 5. The van der Waals surface area contributed by atoms with Crippen molar-refractivity contribution in [3.8, 4) is 0 Å². The number of aryl methyl sites for hydroxylation is 1. The first-order chi connectivity index (χ1) is 15.1. The molecule has 1 unspecified atom stereocenters. The molecule has 2 aromatic rings. The van der Waals surface area contributed by atoms with Gasteiger partial charge in [-0.1, -0.05) is 39.0 Å². The van der Waals surface area contributed by atoms with Crippen LogP contribution < -0.4 is 14.7 Å². The predicted octanol–water partition coefficient (Wildman–Crippen LogP) is 5.30. The molecule has 0 aromatic heterocycles. The molecule has 2 heterocycles. The number of anilines is 3. The Morgan fingerprint density at radius 2 is 1.35 bits per heavy atom. The molecule has 0 amide bonds. The average Bonchev–Trinajstić information content (AvgIpc) is 3.21. The summed E-state index contributed by atoms with van der Waals surface area (Å²) in [6.45, 7) is 15.1. The summed E-state index contributed by atoms with van der Waals surface area (Å²) in [5.41, 5.74) is 5.12. The lowest BCUT2D eigenvalue weighted by Crippen LogP contribution is -2.46. The first-order valence-electron chi connectivity index (χ1n) is 11.6. The van der Waals surface area contributed by atoms with Crippen LogP contribution in [0.5, 0.6) is 0 Å². The van der Waals surface area contributed by atoms with Gasteiger partial charge in [0.15, 0.2) is 0 Å². The Labute approximate surface area is 187 Å². The van der Waals surface area contributed by atoms with Crippen LogP contribution in [-0.2, 0) is 6.42 Å². The summed E-state index contributed by atoms with van der Waals surface area (Å²) in [6, 6.07) is 18.2. The predicted molar refractivity (Wildman–Crippen MR) is 133 cm³/mol. The standard InChI is InChI=1S/C26H35N5/c1-5-7-21(3)31-22(4)30(20-27-31)26-14-12-25(13-15-26)29-18-16-28(17-19-29)24-10-8-23(6-2)9-11-24/h8-15,20-21H,4-7,16-19H2,1-3H3. The third-order valence-corrected chi connectivity index (χ3v) is 6.44. The maximum atomic E-state index is 4.57. The zero-order valence-corrected chi connectivity index (χ0v) is 19.2. The summed E-state index contributed by atoms with van der Waals surface area (Å²) in [7, 11) is 0. The van der Waals surface area contributed by atoms with Gasteiger partial charge in [0.05, 0.1) is 6.04 Å². The highest BCUT2D eigenvalue weighted by molar-refractivity contribution is 5.85. The quantitative estimate of drug-likeness (QED) is 0.610. The van der Waals surface area contributed by atoms with Crippen molar-refractivity contribution in [2.75, 3.05) is 40.9 Å². The summed E-state index contributed by atoms with van der Waals surface area (Å²) in [5.74, 6) is 0.927. The molecule has 31 heavy (non-hydrogen) atoms. The van der Waals surface area contributed by atoms with Crippen LogP contribution in [0.4, 0.5) is 17.1 Å². The van der Waals surface area contributed by atoms with Crippen molar-refractivity contribution in [2.45, 2.75) is 46.1 Å². The molecule has 2 aliphatic rings. The van der Waals surface area contributed by atoms with Crippen molar-refractivity contribution < 1.29 is 0 Å². The summed E-state index contributed by atoms with van der Waals surface area (Å²) in [5, 5.41) is 6.60. The van der Waals surface area contributed by atoms with Gasteiger partial charge in [0, 0.05) is 43.2 Å². The third-order valence-electron chi connectivity index (χ3n) is 6.44. The maximum Gasteiger partial charge on any atom is 0.128 e. The summed E-state index contributed by atoms with van der Waals surface area (Å²) in [6.07, 6.45) is 5.23.